The number of rotatable bonds is 5. The SMILES string of the molecule is CNCC(=O)N1CC2CCC1CN(Cc1ccc(OC)cc1)C2. The van der Waals surface area contributed by atoms with Crippen LogP contribution in [0.4, 0.5) is 0 Å². The number of nitrogens with zero attached hydrogens (tertiary/aromatic N) is 2. The van der Waals surface area contributed by atoms with Gasteiger partial charge in [-0.3, -0.25) is 9.69 Å². The first-order chi connectivity index (χ1) is 11.2. The van der Waals surface area contributed by atoms with Crippen LogP contribution in [0.2, 0.25) is 0 Å². The summed E-state index contributed by atoms with van der Waals surface area (Å²) in [5.41, 5.74) is 1.31. The van der Waals surface area contributed by atoms with Crippen molar-refractivity contribution in [2.45, 2.75) is 25.4 Å². The fraction of sp³-hybridized carbons (Fsp3) is 0.611. The maximum Gasteiger partial charge on any atom is 0.236 e. The van der Waals surface area contributed by atoms with E-state index >= 15 is 0 Å². The van der Waals surface area contributed by atoms with Crippen molar-refractivity contribution in [3.05, 3.63) is 29.8 Å². The molecule has 1 aromatic rings. The Balaban J connectivity index is 1.65. The fourth-order valence-corrected chi connectivity index (χ4v) is 3.86. The van der Waals surface area contributed by atoms with E-state index in [4.69, 9.17) is 4.74 Å². The van der Waals surface area contributed by atoms with Crippen LogP contribution in [-0.4, -0.2) is 62.1 Å². The molecule has 0 aromatic heterocycles. The molecular formula is C18H27N3O2. The molecule has 1 amide bonds. The normalized spacial score (nSPS) is 24.5. The number of hydrogen-bond acceptors (Lipinski definition) is 4. The Kier molecular flexibility index (Phi) is 5.18. The van der Waals surface area contributed by atoms with Crippen molar-refractivity contribution >= 4 is 5.91 Å². The zero-order valence-electron chi connectivity index (χ0n) is 14.1. The van der Waals surface area contributed by atoms with E-state index in [1.807, 2.05) is 19.2 Å². The molecule has 2 bridgehead atoms. The maximum absolute atomic E-state index is 12.3. The number of nitrogens with one attached hydrogen (secondary N) is 1. The van der Waals surface area contributed by atoms with Gasteiger partial charge in [0, 0.05) is 32.2 Å². The molecule has 4 rings (SSSR count). The molecule has 23 heavy (non-hydrogen) atoms. The van der Waals surface area contributed by atoms with Gasteiger partial charge in [-0.25, -0.2) is 0 Å². The molecule has 5 nitrogen and oxygen atoms in total. The average molecular weight is 317 g/mol. The van der Waals surface area contributed by atoms with E-state index in [9.17, 15) is 4.79 Å². The van der Waals surface area contributed by atoms with Crippen LogP contribution in [0.5, 0.6) is 5.75 Å². The number of hydrogen-bond donors (Lipinski definition) is 1. The lowest BCUT2D eigenvalue weighted by atomic mass is 9.95. The van der Waals surface area contributed by atoms with Crippen molar-refractivity contribution in [3.8, 4) is 5.75 Å². The molecule has 3 aliphatic rings. The van der Waals surface area contributed by atoms with E-state index in [0.717, 1.165) is 38.3 Å². The van der Waals surface area contributed by atoms with Gasteiger partial charge in [-0.2, -0.15) is 0 Å². The highest BCUT2D eigenvalue weighted by Crippen LogP contribution is 2.29. The van der Waals surface area contributed by atoms with Gasteiger partial charge in [-0.05, 0) is 43.5 Å². The van der Waals surface area contributed by atoms with E-state index in [1.165, 1.54) is 12.0 Å². The van der Waals surface area contributed by atoms with Crippen molar-refractivity contribution in [3.63, 3.8) is 0 Å². The Morgan fingerprint density at radius 3 is 2.70 bits per heavy atom. The Bertz CT molecular complexity index is 532. The Hall–Kier alpha value is -1.59. The van der Waals surface area contributed by atoms with Crippen LogP contribution in [0, 0.1) is 5.92 Å². The molecule has 1 N–H and O–H groups in total. The average Bonchev–Trinajstić information content (AvgIpc) is 2.86. The lowest BCUT2D eigenvalue weighted by Gasteiger charge is -2.36. The molecule has 3 heterocycles. The van der Waals surface area contributed by atoms with E-state index < -0.39 is 0 Å². The van der Waals surface area contributed by atoms with Crippen LogP contribution in [0.25, 0.3) is 0 Å². The molecule has 1 aromatic carbocycles. The zero-order chi connectivity index (χ0) is 16.2. The highest BCUT2D eigenvalue weighted by molar-refractivity contribution is 5.78. The maximum atomic E-state index is 12.3. The van der Waals surface area contributed by atoms with Crippen molar-refractivity contribution in [1.82, 2.24) is 15.1 Å². The first-order valence-electron chi connectivity index (χ1n) is 8.49. The first kappa shape index (κ1) is 16.3. The summed E-state index contributed by atoms with van der Waals surface area (Å²) in [6.45, 7) is 4.39. The molecule has 0 aliphatic carbocycles. The van der Waals surface area contributed by atoms with E-state index in [1.54, 1.807) is 7.11 Å². The minimum Gasteiger partial charge on any atom is -0.497 e. The van der Waals surface area contributed by atoms with Crippen molar-refractivity contribution in [2.75, 3.05) is 40.3 Å². The molecule has 0 radical (unpaired) electrons. The highest BCUT2D eigenvalue weighted by Gasteiger charge is 2.36. The lowest BCUT2D eigenvalue weighted by molar-refractivity contribution is -0.134. The van der Waals surface area contributed by atoms with Gasteiger partial charge in [0.1, 0.15) is 5.75 Å². The number of piperidine rings is 1. The second-order valence-electron chi connectivity index (χ2n) is 6.72. The van der Waals surface area contributed by atoms with Gasteiger partial charge in [0.15, 0.2) is 0 Å². The summed E-state index contributed by atoms with van der Waals surface area (Å²) in [4.78, 5) is 16.9. The summed E-state index contributed by atoms with van der Waals surface area (Å²) >= 11 is 0. The first-order valence-corrected chi connectivity index (χ1v) is 8.49. The molecule has 3 saturated heterocycles. The minimum atomic E-state index is 0.244. The van der Waals surface area contributed by atoms with E-state index in [2.05, 4.69) is 27.2 Å². The smallest absolute Gasteiger partial charge is 0.236 e. The van der Waals surface area contributed by atoms with E-state index in [-0.39, 0.29) is 5.91 Å². The number of methoxy groups -OCH3 is 1. The van der Waals surface area contributed by atoms with Gasteiger partial charge < -0.3 is 15.0 Å². The fourth-order valence-electron chi connectivity index (χ4n) is 3.86. The van der Waals surface area contributed by atoms with Crippen molar-refractivity contribution < 1.29 is 9.53 Å². The molecule has 3 fully saturated rings. The third-order valence-electron chi connectivity index (χ3n) is 5.00. The number of likely N-dealkylation sites (N-methyl/N-ethyl adjacent to an activating group) is 1. The van der Waals surface area contributed by atoms with Crippen molar-refractivity contribution in [1.29, 1.82) is 0 Å². The van der Waals surface area contributed by atoms with Crippen LogP contribution >= 0.6 is 0 Å². The summed E-state index contributed by atoms with van der Waals surface area (Å²) < 4.78 is 5.22. The molecule has 5 heteroatoms. The van der Waals surface area contributed by atoms with Crippen LogP contribution < -0.4 is 10.1 Å². The van der Waals surface area contributed by atoms with Crippen molar-refractivity contribution in [2.24, 2.45) is 5.92 Å². The second-order valence-corrected chi connectivity index (χ2v) is 6.72. The Morgan fingerprint density at radius 1 is 1.22 bits per heavy atom. The number of carbonyl (C=O) groups excluding carboxylic acids is 1. The molecule has 2 unspecified atom stereocenters. The molecule has 0 saturated carbocycles. The number of carbonyl (C=O) groups is 1. The van der Waals surface area contributed by atoms with Crippen LogP contribution in [-0.2, 0) is 11.3 Å². The van der Waals surface area contributed by atoms with Gasteiger partial charge in [0.2, 0.25) is 5.91 Å². The predicted octanol–water partition coefficient (Wildman–Crippen LogP) is 1.34. The molecule has 0 spiro atoms. The summed E-state index contributed by atoms with van der Waals surface area (Å²) in [6, 6.07) is 8.67. The quantitative estimate of drug-likeness (QED) is 0.890. The largest absolute Gasteiger partial charge is 0.497 e. The van der Waals surface area contributed by atoms with E-state index in [0.29, 0.717) is 18.5 Å². The lowest BCUT2D eigenvalue weighted by Crippen LogP contribution is -2.49. The summed E-state index contributed by atoms with van der Waals surface area (Å²) in [6.07, 6.45) is 2.38. The molecule has 3 aliphatic heterocycles. The summed E-state index contributed by atoms with van der Waals surface area (Å²) in [7, 11) is 3.53. The topological polar surface area (TPSA) is 44.8 Å². The monoisotopic (exact) mass is 317 g/mol. The van der Waals surface area contributed by atoms with Gasteiger partial charge >= 0.3 is 0 Å². The Labute approximate surface area is 138 Å². The van der Waals surface area contributed by atoms with Crippen LogP contribution in [0.1, 0.15) is 18.4 Å². The number of amides is 1. The van der Waals surface area contributed by atoms with Gasteiger partial charge in [-0.15, -0.1) is 0 Å². The van der Waals surface area contributed by atoms with Crippen LogP contribution in [0.3, 0.4) is 0 Å². The Morgan fingerprint density at radius 2 is 2.00 bits per heavy atom. The van der Waals surface area contributed by atoms with Crippen LogP contribution in [0.15, 0.2) is 24.3 Å². The van der Waals surface area contributed by atoms with Gasteiger partial charge in [-0.1, -0.05) is 12.1 Å². The molecule has 126 valence electrons. The summed E-state index contributed by atoms with van der Waals surface area (Å²) in [5.74, 6) is 1.75. The second kappa shape index (κ2) is 7.32. The minimum absolute atomic E-state index is 0.244. The predicted molar refractivity (Wildman–Crippen MR) is 90.4 cm³/mol. The van der Waals surface area contributed by atoms with Gasteiger partial charge in [0.05, 0.1) is 13.7 Å². The third-order valence-corrected chi connectivity index (χ3v) is 5.00. The van der Waals surface area contributed by atoms with Gasteiger partial charge in [0.25, 0.3) is 0 Å². The zero-order valence-corrected chi connectivity index (χ0v) is 14.1. The molecule has 2 atom stereocenters. The number of fused-ring (bicyclic) bond motifs is 4. The standard InChI is InChI=1S/C18H27N3O2/c1-19-9-18(22)21-12-15-3-6-16(21)13-20(11-15)10-14-4-7-17(23-2)8-5-14/h4-5,7-8,15-16,19H,3,6,9-13H2,1-2H3. The number of benzene rings is 1. The number of ether oxygens (including phenoxy) is 1. The highest BCUT2D eigenvalue weighted by atomic mass is 16.5. The summed E-state index contributed by atoms with van der Waals surface area (Å²) in [5, 5.41) is 2.99. The molecular weight excluding hydrogens is 290 g/mol. The third kappa shape index (κ3) is 3.85.